The molecular formula is C12H14N4O. The van der Waals surface area contributed by atoms with E-state index in [1.807, 2.05) is 35.2 Å². The molecule has 0 bridgehead atoms. The molecule has 5 nitrogen and oxygen atoms in total. The predicted octanol–water partition coefficient (Wildman–Crippen LogP) is 2.60. The van der Waals surface area contributed by atoms with Gasteiger partial charge >= 0.3 is 0 Å². The third-order valence-electron chi connectivity index (χ3n) is 2.99. The van der Waals surface area contributed by atoms with Gasteiger partial charge < -0.3 is 4.90 Å². The minimum Gasteiger partial charge on any atom is -0.339 e. The van der Waals surface area contributed by atoms with Crippen molar-refractivity contribution in [2.75, 3.05) is 13.1 Å². The molecule has 0 aromatic heterocycles. The fraction of sp³-hybridized carbons (Fsp3) is 0.417. The zero-order chi connectivity index (χ0) is 12.1. The third kappa shape index (κ3) is 2.77. The summed E-state index contributed by atoms with van der Waals surface area (Å²) in [4.78, 5) is 16.7. The first-order valence-electron chi connectivity index (χ1n) is 5.70. The molecule has 0 N–H and O–H groups in total. The van der Waals surface area contributed by atoms with E-state index < -0.39 is 0 Å². The molecule has 0 atom stereocenters. The van der Waals surface area contributed by atoms with Gasteiger partial charge in [0.2, 0.25) is 0 Å². The van der Waals surface area contributed by atoms with E-state index in [2.05, 4.69) is 10.0 Å². The van der Waals surface area contributed by atoms with Gasteiger partial charge in [-0.25, -0.2) is 0 Å². The first-order valence-corrected chi connectivity index (χ1v) is 5.70. The van der Waals surface area contributed by atoms with Gasteiger partial charge in [0.1, 0.15) is 0 Å². The Labute approximate surface area is 99.7 Å². The van der Waals surface area contributed by atoms with Crippen molar-refractivity contribution in [2.45, 2.75) is 18.9 Å². The molecule has 1 heterocycles. The Bertz CT molecular complexity index is 431. The first kappa shape index (κ1) is 11.5. The molecule has 88 valence electrons. The second kappa shape index (κ2) is 5.37. The molecule has 1 aromatic rings. The summed E-state index contributed by atoms with van der Waals surface area (Å²) in [7, 11) is 0. The lowest BCUT2D eigenvalue weighted by atomic mass is 10.0. The number of likely N-dealkylation sites (tertiary alicyclic amines) is 1. The third-order valence-corrected chi connectivity index (χ3v) is 2.99. The molecule has 1 aromatic carbocycles. The lowest BCUT2D eigenvalue weighted by molar-refractivity contribution is 0.0715. The lowest BCUT2D eigenvalue weighted by Gasteiger charge is -2.30. The van der Waals surface area contributed by atoms with Gasteiger partial charge in [-0.2, -0.15) is 0 Å². The standard InChI is InChI=1S/C12H14N4O/c13-15-14-11-6-8-16(9-7-11)12(17)10-4-2-1-3-5-10/h1-5,11H,6-9H2. The predicted molar refractivity (Wildman–Crippen MR) is 64.5 cm³/mol. The zero-order valence-corrected chi connectivity index (χ0v) is 9.49. The molecule has 1 amide bonds. The molecule has 0 unspecified atom stereocenters. The van der Waals surface area contributed by atoms with E-state index in [9.17, 15) is 4.79 Å². The van der Waals surface area contributed by atoms with Gasteiger partial charge in [-0.05, 0) is 30.5 Å². The molecule has 1 aliphatic heterocycles. The van der Waals surface area contributed by atoms with Crippen molar-refractivity contribution in [1.82, 2.24) is 4.90 Å². The Morgan fingerprint density at radius 2 is 1.94 bits per heavy atom. The van der Waals surface area contributed by atoms with Gasteiger partial charge in [0.05, 0.1) is 0 Å². The molecule has 1 aliphatic rings. The fourth-order valence-electron chi connectivity index (χ4n) is 2.02. The van der Waals surface area contributed by atoms with E-state index in [0.29, 0.717) is 13.1 Å². The van der Waals surface area contributed by atoms with Crippen LogP contribution >= 0.6 is 0 Å². The highest BCUT2D eigenvalue weighted by atomic mass is 16.2. The molecule has 0 saturated carbocycles. The summed E-state index contributed by atoms with van der Waals surface area (Å²) >= 11 is 0. The van der Waals surface area contributed by atoms with Crippen molar-refractivity contribution >= 4 is 5.91 Å². The van der Waals surface area contributed by atoms with Crippen molar-refractivity contribution in [2.24, 2.45) is 5.11 Å². The molecule has 5 heteroatoms. The van der Waals surface area contributed by atoms with E-state index in [0.717, 1.165) is 18.4 Å². The molecule has 0 spiro atoms. The van der Waals surface area contributed by atoms with Crippen LogP contribution in [0.25, 0.3) is 10.4 Å². The van der Waals surface area contributed by atoms with Crippen molar-refractivity contribution in [3.8, 4) is 0 Å². The molecule has 1 saturated heterocycles. The maximum Gasteiger partial charge on any atom is 0.253 e. The summed E-state index contributed by atoms with van der Waals surface area (Å²) in [5.74, 6) is 0.0602. The highest BCUT2D eigenvalue weighted by Crippen LogP contribution is 2.16. The van der Waals surface area contributed by atoms with Crippen molar-refractivity contribution in [3.63, 3.8) is 0 Å². The van der Waals surface area contributed by atoms with E-state index in [1.54, 1.807) is 0 Å². The second-order valence-corrected chi connectivity index (χ2v) is 4.09. The summed E-state index contributed by atoms with van der Waals surface area (Å²) < 4.78 is 0. The van der Waals surface area contributed by atoms with E-state index in [4.69, 9.17) is 5.53 Å². The number of piperidine rings is 1. The molecule has 0 radical (unpaired) electrons. The highest BCUT2D eigenvalue weighted by Gasteiger charge is 2.22. The van der Waals surface area contributed by atoms with Crippen LogP contribution in [0, 0.1) is 0 Å². The number of hydrogen-bond donors (Lipinski definition) is 0. The number of rotatable bonds is 2. The topological polar surface area (TPSA) is 69.1 Å². The number of carbonyl (C=O) groups is 1. The van der Waals surface area contributed by atoms with E-state index in [-0.39, 0.29) is 11.9 Å². The van der Waals surface area contributed by atoms with Gasteiger partial charge in [0, 0.05) is 29.6 Å². The smallest absolute Gasteiger partial charge is 0.253 e. The number of azide groups is 1. The SMILES string of the molecule is [N-]=[N+]=NC1CCN(C(=O)c2ccccc2)CC1. The van der Waals surface area contributed by atoms with Crippen molar-refractivity contribution < 1.29 is 4.79 Å². The average molecular weight is 230 g/mol. The monoisotopic (exact) mass is 230 g/mol. The van der Waals surface area contributed by atoms with E-state index >= 15 is 0 Å². The maximum atomic E-state index is 12.1. The number of benzene rings is 1. The van der Waals surface area contributed by atoms with Gasteiger partial charge in [-0.1, -0.05) is 23.3 Å². The number of amides is 1. The van der Waals surface area contributed by atoms with Crippen LogP contribution < -0.4 is 0 Å². The minimum atomic E-state index is 0.0415. The highest BCUT2D eigenvalue weighted by molar-refractivity contribution is 5.94. The van der Waals surface area contributed by atoms with Crippen LogP contribution in [-0.2, 0) is 0 Å². The van der Waals surface area contributed by atoms with Crippen LogP contribution in [-0.4, -0.2) is 29.9 Å². The normalized spacial score (nSPS) is 16.4. The van der Waals surface area contributed by atoms with E-state index in [1.165, 1.54) is 0 Å². The lowest BCUT2D eigenvalue weighted by Crippen LogP contribution is -2.39. The van der Waals surface area contributed by atoms with Gasteiger partial charge in [0.25, 0.3) is 5.91 Å². The summed E-state index contributed by atoms with van der Waals surface area (Å²) in [6.45, 7) is 1.33. The van der Waals surface area contributed by atoms with Gasteiger partial charge in [-0.15, -0.1) is 0 Å². The number of carbonyl (C=O) groups excluding carboxylic acids is 1. The molecule has 1 fully saturated rings. The maximum absolute atomic E-state index is 12.1. The Morgan fingerprint density at radius 1 is 1.29 bits per heavy atom. The molecule has 17 heavy (non-hydrogen) atoms. The Morgan fingerprint density at radius 3 is 2.53 bits per heavy atom. The van der Waals surface area contributed by atoms with Crippen molar-refractivity contribution in [1.29, 1.82) is 0 Å². The Balaban J connectivity index is 1.97. The zero-order valence-electron chi connectivity index (χ0n) is 9.49. The van der Waals surface area contributed by atoms with Crippen LogP contribution in [0.15, 0.2) is 35.4 Å². The van der Waals surface area contributed by atoms with Crippen LogP contribution in [0.3, 0.4) is 0 Å². The summed E-state index contributed by atoms with van der Waals surface area (Å²) in [6, 6.07) is 9.30. The second-order valence-electron chi connectivity index (χ2n) is 4.09. The summed E-state index contributed by atoms with van der Waals surface area (Å²) in [5, 5.41) is 3.69. The summed E-state index contributed by atoms with van der Waals surface area (Å²) in [5.41, 5.74) is 9.07. The quantitative estimate of drug-likeness (QED) is 0.437. The first-order chi connectivity index (χ1) is 8.31. The molecule has 2 rings (SSSR count). The van der Waals surface area contributed by atoms with Crippen molar-refractivity contribution in [3.05, 3.63) is 46.3 Å². The molecule has 0 aliphatic carbocycles. The van der Waals surface area contributed by atoms with Crippen LogP contribution in [0.2, 0.25) is 0 Å². The number of hydrogen-bond acceptors (Lipinski definition) is 2. The minimum absolute atomic E-state index is 0.0415. The largest absolute Gasteiger partial charge is 0.339 e. The van der Waals surface area contributed by atoms with Crippen LogP contribution in [0.1, 0.15) is 23.2 Å². The van der Waals surface area contributed by atoms with Gasteiger partial charge in [-0.3, -0.25) is 4.79 Å². The van der Waals surface area contributed by atoms with Gasteiger partial charge in [0.15, 0.2) is 0 Å². The average Bonchev–Trinajstić information content (AvgIpc) is 2.40. The Kier molecular flexibility index (Phi) is 3.62. The summed E-state index contributed by atoms with van der Waals surface area (Å²) in [6.07, 6.45) is 1.51. The van der Waals surface area contributed by atoms with Crippen LogP contribution in [0.5, 0.6) is 0 Å². The Hall–Kier alpha value is -2.00. The molecular weight excluding hydrogens is 216 g/mol. The number of nitrogens with zero attached hydrogens (tertiary/aromatic N) is 4. The van der Waals surface area contributed by atoms with Crippen LogP contribution in [0.4, 0.5) is 0 Å². The fourth-order valence-corrected chi connectivity index (χ4v) is 2.02.